The van der Waals surface area contributed by atoms with Gasteiger partial charge in [-0.1, -0.05) is 0 Å². The van der Waals surface area contributed by atoms with E-state index < -0.39 is 69.8 Å². The lowest BCUT2D eigenvalue weighted by Gasteiger charge is -2.33. The van der Waals surface area contributed by atoms with Crippen LogP contribution in [0, 0.1) is 5.92 Å². The molecule has 0 aliphatic heterocycles. The van der Waals surface area contributed by atoms with Gasteiger partial charge in [-0.05, 0) is 12.8 Å². The highest BCUT2D eigenvalue weighted by atomic mass is 32.2. The lowest BCUT2D eigenvalue weighted by Crippen LogP contribution is -2.55. The molecule has 182 valence electrons. The molecular weight excluding hydrogens is 466 g/mol. The van der Waals surface area contributed by atoms with Gasteiger partial charge in [-0.15, -0.1) is 0 Å². The van der Waals surface area contributed by atoms with Crippen LogP contribution in [0.2, 0.25) is 0 Å². The predicted molar refractivity (Wildman–Crippen MR) is 84.5 cm³/mol. The van der Waals surface area contributed by atoms with Crippen molar-refractivity contribution in [2.75, 3.05) is 32.9 Å². The second kappa shape index (κ2) is 9.73. The summed E-state index contributed by atoms with van der Waals surface area (Å²) in [6.07, 6.45) is -24.1. The van der Waals surface area contributed by atoms with Crippen molar-refractivity contribution in [3.63, 3.8) is 0 Å². The third kappa shape index (κ3) is 9.51. The summed E-state index contributed by atoms with van der Waals surface area (Å²) in [5.41, 5.74) is -6.09. The van der Waals surface area contributed by atoms with Crippen molar-refractivity contribution < 1.29 is 62.2 Å². The quantitative estimate of drug-likeness (QED) is 0.200. The smallest absolute Gasteiger partial charge is 0.224 e. The number of sulfonamides is 1. The van der Waals surface area contributed by atoms with Gasteiger partial charge >= 0.3 is 18.5 Å². The number of halogens is 10. The van der Waals surface area contributed by atoms with Crippen molar-refractivity contribution in [2.24, 2.45) is 5.92 Å². The van der Waals surface area contributed by atoms with Crippen LogP contribution >= 0.6 is 0 Å². The Balaban J connectivity index is 5.07. The van der Waals surface area contributed by atoms with E-state index in [-0.39, 0.29) is 19.5 Å². The van der Waals surface area contributed by atoms with E-state index in [2.05, 4.69) is 0 Å². The largest absolute Gasteiger partial charge is 0.431 e. The number of nitrogens with zero attached hydrogens (tertiary/aromatic N) is 1. The first-order valence-electron chi connectivity index (χ1n) is 8.44. The molecule has 0 aliphatic carbocycles. The van der Waals surface area contributed by atoms with E-state index in [0.717, 1.165) is 0 Å². The first-order valence-corrected chi connectivity index (χ1v) is 10.1. The van der Waals surface area contributed by atoms with Crippen LogP contribution in [0.1, 0.15) is 25.7 Å². The minimum absolute atomic E-state index is 0.117. The van der Waals surface area contributed by atoms with Crippen molar-refractivity contribution in [1.82, 2.24) is 4.72 Å². The monoisotopic (exact) mass is 489 g/mol. The minimum atomic E-state index is -6.64. The summed E-state index contributed by atoms with van der Waals surface area (Å²) in [4.78, 5) is 0. The molecule has 0 saturated carbocycles. The van der Waals surface area contributed by atoms with Gasteiger partial charge in [0.25, 0.3) is 5.67 Å². The molecule has 0 bridgehead atoms. The summed E-state index contributed by atoms with van der Waals surface area (Å²) < 4.78 is 152. The molecule has 0 rings (SSSR count). The standard InChI is InChI=1S/C14H23F10N2O3S/c1-26(2,27)7-4-6-25-30(28,29)8-3-5-10(12(16,17)18)9-11(15,13(19,20)21)14(22,23)24/h10,25,27H,3-9H2,1-2H3/q+1. The van der Waals surface area contributed by atoms with Crippen LogP contribution in [0.15, 0.2) is 0 Å². The van der Waals surface area contributed by atoms with Gasteiger partial charge in [0, 0.05) is 19.4 Å². The van der Waals surface area contributed by atoms with Crippen molar-refractivity contribution >= 4 is 10.0 Å². The number of hydroxylamine groups is 3. The van der Waals surface area contributed by atoms with Crippen LogP contribution in [0.3, 0.4) is 0 Å². The van der Waals surface area contributed by atoms with Gasteiger partial charge in [-0.2, -0.15) is 44.2 Å². The molecule has 0 aromatic heterocycles. The van der Waals surface area contributed by atoms with Crippen LogP contribution in [0.4, 0.5) is 43.9 Å². The summed E-state index contributed by atoms with van der Waals surface area (Å²) in [5.74, 6) is -4.39. The van der Waals surface area contributed by atoms with Gasteiger partial charge < -0.3 is 0 Å². The van der Waals surface area contributed by atoms with E-state index >= 15 is 0 Å². The highest BCUT2D eigenvalue weighted by Gasteiger charge is 2.73. The summed E-state index contributed by atoms with van der Waals surface area (Å²) in [5, 5.41) is 9.40. The van der Waals surface area contributed by atoms with E-state index in [1.165, 1.54) is 14.1 Å². The van der Waals surface area contributed by atoms with Gasteiger partial charge in [0.15, 0.2) is 0 Å². The highest BCUT2D eigenvalue weighted by molar-refractivity contribution is 7.89. The first kappa shape index (κ1) is 29.1. The first-order chi connectivity index (χ1) is 13.0. The average molecular weight is 489 g/mol. The Kier molecular flexibility index (Phi) is 9.45. The second-order valence-corrected chi connectivity index (χ2v) is 9.22. The number of quaternary nitrogens is 1. The fourth-order valence-electron chi connectivity index (χ4n) is 2.40. The van der Waals surface area contributed by atoms with E-state index in [1.54, 1.807) is 0 Å². The van der Waals surface area contributed by atoms with E-state index in [1.807, 2.05) is 4.72 Å². The zero-order chi connectivity index (χ0) is 24.2. The molecule has 5 nitrogen and oxygen atoms in total. The molecule has 0 aromatic rings. The lowest BCUT2D eigenvalue weighted by molar-refractivity contribution is -1.07. The molecule has 0 aliphatic rings. The van der Waals surface area contributed by atoms with Gasteiger partial charge in [-0.25, -0.2) is 22.7 Å². The maximum Gasteiger partial charge on any atom is 0.431 e. The number of alkyl halides is 10. The van der Waals surface area contributed by atoms with Crippen LogP contribution in [-0.4, -0.2) is 75.4 Å². The molecule has 2 N–H and O–H groups in total. The third-order valence-corrected chi connectivity index (χ3v) is 5.53. The predicted octanol–water partition coefficient (Wildman–Crippen LogP) is 3.94. The van der Waals surface area contributed by atoms with Crippen molar-refractivity contribution in [2.45, 2.75) is 49.9 Å². The summed E-state index contributed by atoms with van der Waals surface area (Å²) in [6.45, 7) is -0.0881. The number of hydrogen-bond acceptors (Lipinski definition) is 3. The molecule has 0 heterocycles. The summed E-state index contributed by atoms with van der Waals surface area (Å²) in [6, 6.07) is 0. The van der Waals surface area contributed by atoms with Gasteiger partial charge in [0.1, 0.15) is 6.54 Å². The normalized spacial score (nSPS) is 16.0. The van der Waals surface area contributed by atoms with Crippen LogP contribution in [-0.2, 0) is 10.0 Å². The molecule has 0 radical (unpaired) electrons. The summed E-state index contributed by atoms with van der Waals surface area (Å²) >= 11 is 0. The molecule has 0 amide bonds. The molecule has 1 atom stereocenters. The minimum Gasteiger partial charge on any atom is -0.224 e. The Morgan fingerprint density at radius 2 is 1.37 bits per heavy atom. The average Bonchev–Trinajstić information content (AvgIpc) is 2.46. The molecule has 0 saturated heterocycles. The number of rotatable bonds is 11. The molecular formula is C14H23F10N2O3S+. The summed E-state index contributed by atoms with van der Waals surface area (Å²) in [7, 11) is -1.41. The third-order valence-electron chi connectivity index (χ3n) is 4.06. The molecule has 16 heteroatoms. The Hall–Kier alpha value is -0.870. The van der Waals surface area contributed by atoms with Crippen molar-refractivity contribution in [3.8, 4) is 0 Å². The van der Waals surface area contributed by atoms with Crippen molar-refractivity contribution in [3.05, 3.63) is 0 Å². The van der Waals surface area contributed by atoms with Crippen molar-refractivity contribution in [1.29, 1.82) is 0 Å². The second-order valence-electron chi connectivity index (χ2n) is 7.29. The van der Waals surface area contributed by atoms with Crippen LogP contribution in [0.5, 0.6) is 0 Å². The number of hydrogen-bond donors (Lipinski definition) is 2. The fraction of sp³-hybridized carbons (Fsp3) is 1.00. The van der Waals surface area contributed by atoms with E-state index in [9.17, 15) is 57.5 Å². The topological polar surface area (TPSA) is 66.4 Å². The van der Waals surface area contributed by atoms with Crippen LogP contribution < -0.4 is 4.72 Å². The Morgan fingerprint density at radius 1 is 0.900 bits per heavy atom. The number of nitrogens with one attached hydrogen (secondary N) is 1. The van der Waals surface area contributed by atoms with Gasteiger partial charge in [0.05, 0.1) is 25.8 Å². The molecule has 0 spiro atoms. The Bertz CT molecular complexity index is 624. The molecule has 0 aromatic carbocycles. The maximum absolute atomic E-state index is 13.6. The molecule has 0 fully saturated rings. The highest BCUT2D eigenvalue weighted by Crippen LogP contribution is 2.52. The van der Waals surface area contributed by atoms with Crippen LogP contribution in [0.25, 0.3) is 0 Å². The van der Waals surface area contributed by atoms with E-state index in [0.29, 0.717) is 0 Å². The maximum atomic E-state index is 13.6. The zero-order valence-corrected chi connectivity index (χ0v) is 16.7. The lowest BCUT2D eigenvalue weighted by atomic mass is 9.87. The van der Waals surface area contributed by atoms with Gasteiger partial charge in [0.2, 0.25) is 10.0 Å². The SMILES string of the molecule is C[N+](C)(O)CCCNS(=O)(=O)CCCC(CC(F)(C(F)(F)F)C(F)(F)F)C(F)(F)F. The fourth-order valence-corrected chi connectivity index (χ4v) is 3.55. The van der Waals surface area contributed by atoms with E-state index in [4.69, 9.17) is 0 Å². The molecule has 30 heavy (non-hydrogen) atoms. The molecule has 1 unspecified atom stereocenters. The Morgan fingerprint density at radius 3 is 1.73 bits per heavy atom. The Labute approximate surface area is 166 Å². The van der Waals surface area contributed by atoms with Gasteiger partial charge in [-0.3, -0.25) is 0 Å². The zero-order valence-electron chi connectivity index (χ0n) is 15.9.